The zero-order valence-electron chi connectivity index (χ0n) is 10.3. The lowest BCUT2D eigenvalue weighted by Crippen LogP contribution is -2.34. The van der Waals surface area contributed by atoms with Gasteiger partial charge in [-0.05, 0) is 37.0 Å². The molecule has 1 saturated carbocycles. The second-order valence-electron chi connectivity index (χ2n) is 4.77. The third-order valence-electron chi connectivity index (χ3n) is 3.42. The molecule has 0 aromatic heterocycles. The molecule has 0 unspecified atom stereocenters. The molecule has 1 aliphatic carbocycles. The van der Waals surface area contributed by atoms with Crippen LogP contribution in [0.4, 0.5) is 10.1 Å². The first-order valence-electron chi connectivity index (χ1n) is 5.92. The molecule has 0 bridgehead atoms. The average Bonchev–Trinajstić information content (AvgIpc) is 2.26. The molecule has 1 aliphatic rings. The molecular formula is C12H17FN2O2S. The molecule has 1 aromatic carbocycles. The molecule has 6 heteroatoms. The molecule has 1 aromatic rings. The number of nitrogens with two attached hydrogens (primary N) is 1. The fourth-order valence-corrected chi connectivity index (χ4v) is 3.28. The molecular weight excluding hydrogens is 255 g/mol. The summed E-state index contributed by atoms with van der Waals surface area (Å²) in [4.78, 5) is 0.0447. The van der Waals surface area contributed by atoms with Crippen LogP contribution in [-0.4, -0.2) is 26.3 Å². The van der Waals surface area contributed by atoms with E-state index in [9.17, 15) is 12.8 Å². The molecule has 2 N–H and O–H groups in total. The van der Waals surface area contributed by atoms with E-state index in [2.05, 4.69) is 0 Å². The summed E-state index contributed by atoms with van der Waals surface area (Å²) in [7, 11) is -2.01. The molecule has 0 aliphatic heterocycles. The van der Waals surface area contributed by atoms with Gasteiger partial charge in [0, 0.05) is 13.6 Å². The minimum absolute atomic E-state index is 0.0447. The monoisotopic (exact) mass is 272 g/mol. The maximum atomic E-state index is 13.0. The minimum Gasteiger partial charge on any atom is -0.396 e. The highest BCUT2D eigenvalue weighted by Crippen LogP contribution is 2.28. The van der Waals surface area contributed by atoms with E-state index in [1.165, 1.54) is 22.9 Å². The number of halogens is 1. The first kappa shape index (κ1) is 13.3. The van der Waals surface area contributed by atoms with Gasteiger partial charge in [0.05, 0.1) is 10.6 Å². The Labute approximate surface area is 107 Å². The van der Waals surface area contributed by atoms with Gasteiger partial charge in [0.15, 0.2) is 0 Å². The summed E-state index contributed by atoms with van der Waals surface area (Å²) >= 11 is 0. The largest absolute Gasteiger partial charge is 0.396 e. The van der Waals surface area contributed by atoms with Gasteiger partial charge in [-0.3, -0.25) is 0 Å². The number of benzene rings is 1. The second kappa shape index (κ2) is 4.85. The fraction of sp³-hybridized carbons (Fsp3) is 0.500. The first-order valence-corrected chi connectivity index (χ1v) is 7.36. The molecule has 100 valence electrons. The van der Waals surface area contributed by atoms with Crippen LogP contribution in [0.5, 0.6) is 0 Å². The quantitative estimate of drug-likeness (QED) is 0.850. The molecule has 0 spiro atoms. The van der Waals surface area contributed by atoms with Gasteiger partial charge in [-0.25, -0.2) is 17.1 Å². The van der Waals surface area contributed by atoms with Gasteiger partial charge in [-0.1, -0.05) is 6.42 Å². The van der Waals surface area contributed by atoms with E-state index in [0.717, 1.165) is 18.9 Å². The Kier molecular flexibility index (Phi) is 3.59. The van der Waals surface area contributed by atoms with Gasteiger partial charge >= 0.3 is 0 Å². The molecule has 1 fully saturated rings. The Morgan fingerprint density at radius 1 is 1.44 bits per heavy atom. The molecule has 18 heavy (non-hydrogen) atoms. The van der Waals surface area contributed by atoms with Crippen molar-refractivity contribution in [1.82, 2.24) is 4.31 Å². The molecule has 0 atom stereocenters. The van der Waals surface area contributed by atoms with Crippen LogP contribution in [0.15, 0.2) is 23.1 Å². The van der Waals surface area contributed by atoms with Crippen molar-refractivity contribution in [2.24, 2.45) is 5.92 Å². The Morgan fingerprint density at radius 3 is 2.61 bits per heavy atom. The highest BCUT2D eigenvalue weighted by molar-refractivity contribution is 7.89. The summed E-state index contributed by atoms with van der Waals surface area (Å²) in [6.07, 6.45) is 3.32. The highest BCUT2D eigenvalue weighted by Gasteiger charge is 2.27. The van der Waals surface area contributed by atoms with Gasteiger partial charge in [0.25, 0.3) is 0 Å². The van der Waals surface area contributed by atoms with Crippen LogP contribution in [0.2, 0.25) is 0 Å². The zero-order valence-corrected chi connectivity index (χ0v) is 11.1. The van der Waals surface area contributed by atoms with E-state index in [0.29, 0.717) is 12.5 Å². The van der Waals surface area contributed by atoms with Crippen molar-refractivity contribution in [2.45, 2.75) is 24.2 Å². The van der Waals surface area contributed by atoms with Crippen molar-refractivity contribution < 1.29 is 12.8 Å². The van der Waals surface area contributed by atoms with Crippen LogP contribution < -0.4 is 5.73 Å². The van der Waals surface area contributed by atoms with Crippen LogP contribution in [0.3, 0.4) is 0 Å². The van der Waals surface area contributed by atoms with E-state index < -0.39 is 15.8 Å². The minimum atomic E-state index is -3.56. The lowest BCUT2D eigenvalue weighted by atomic mass is 9.86. The van der Waals surface area contributed by atoms with Gasteiger partial charge < -0.3 is 5.73 Å². The molecule has 0 radical (unpaired) electrons. The highest BCUT2D eigenvalue weighted by atomic mass is 32.2. The number of anilines is 1. The normalized spacial score (nSPS) is 16.8. The second-order valence-corrected chi connectivity index (χ2v) is 6.81. The predicted molar refractivity (Wildman–Crippen MR) is 68.0 cm³/mol. The Bertz CT molecular complexity index is 541. The third kappa shape index (κ3) is 2.49. The van der Waals surface area contributed by atoms with E-state index in [4.69, 9.17) is 5.73 Å². The van der Waals surface area contributed by atoms with Gasteiger partial charge in [-0.2, -0.15) is 0 Å². The van der Waals surface area contributed by atoms with E-state index >= 15 is 0 Å². The number of hydrogen-bond donors (Lipinski definition) is 1. The van der Waals surface area contributed by atoms with E-state index in [1.807, 2.05) is 0 Å². The molecule has 0 saturated heterocycles. The maximum Gasteiger partial charge on any atom is 0.242 e. The SMILES string of the molecule is CN(CC1CCC1)S(=O)(=O)c1ccc(F)c(N)c1. The van der Waals surface area contributed by atoms with E-state index in [-0.39, 0.29) is 10.6 Å². The summed E-state index contributed by atoms with van der Waals surface area (Å²) in [5.74, 6) is -0.154. The van der Waals surface area contributed by atoms with Crippen molar-refractivity contribution in [2.75, 3.05) is 19.3 Å². The van der Waals surface area contributed by atoms with Gasteiger partial charge in [0.1, 0.15) is 5.82 Å². The lowest BCUT2D eigenvalue weighted by molar-refractivity contribution is 0.263. The summed E-state index contributed by atoms with van der Waals surface area (Å²) in [5.41, 5.74) is 5.25. The summed E-state index contributed by atoms with van der Waals surface area (Å²) in [5, 5.41) is 0. The Balaban J connectivity index is 2.20. The van der Waals surface area contributed by atoms with Gasteiger partial charge in [0.2, 0.25) is 10.0 Å². The number of hydrogen-bond acceptors (Lipinski definition) is 3. The van der Waals surface area contributed by atoms with Crippen molar-refractivity contribution >= 4 is 15.7 Å². The summed E-state index contributed by atoms with van der Waals surface area (Å²) < 4.78 is 38.8. The first-order chi connectivity index (χ1) is 8.41. The molecule has 4 nitrogen and oxygen atoms in total. The number of rotatable bonds is 4. The summed E-state index contributed by atoms with van der Waals surface area (Å²) in [6.45, 7) is 0.514. The zero-order chi connectivity index (χ0) is 13.3. The van der Waals surface area contributed by atoms with Crippen molar-refractivity contribution in [3.8, 4) is 0 Å². The molecule has 2 rings (SSSR count). The Morgan fingerprint density at radius 2 is 2.11 bits per heavy atom. The van der Waals surface area contributed by atoms with Crippen LogP contribution in [0.1, 0.15) is 19.3 Å². The lowest BCUT2D eigenvalue weighted by Gasteiger charge is -2.29. The number of nitrogens with zero attached hydrogens (tertiary/aromatic N) is 1. The average molecular weight is 272 g/mol. The topological polar surface area (TPSA) is 63.4 Å². The third-order valence-corrected chi connectivity index (χ3v) is 5.24. The van der Waals surface area contributed by atoms with Crippen LogP contribution in [0.25, 0.3) is 0 Å². The van der Waals surface area contributed by atoms with Crippen LogP contribution in [-0.2, 0) is 10.0 Å². The standard InChI is InChI=1S/C12H17FN2O2S/c1-15(8-9-3-2-4-9)18(16,17)10-5-6-11(13)12(14)7-10/h5-7,9H,2-4,8,14H2,1H3. The number of nitrogen functional groups attached to an aromatic ring is 1. The van der Waals surface area contributed by atoms with Crippen molar-refractivity contribution in [3.63, 3.8) is 0 Å². The van der Waals surface area contributed by atoms with Crippen LogP contribution in [0, 0.1) is 11.7 Å². The maximum absolute atomic E-state index is 13.0. The van der Waals surface area contributed by atoms with Crippen molar-refractivity contribution in [1.29, 1.82) is 0 Å². The smallest absolute Gasteiger partial charge is 0.242 e. The molecule has 0 heterocycles. The van der Waals surface area contributed by atoms with Crippen molar-refractivity contribution in [3.05, 3.63) is 24.0 Å². The van der Waals surface area contributed by atoms with E-state index in [1.54, 1.807) is 7.05 Å². The Hall–Kier alpha value is -1.14. The number of sulfonamides is 1. The summed E-state index contributed by atoms with van der Waals surface area (Å²) in [6, 6.07) is 3.50. The fourth-order valence-electron chi connectivity index (χ4n) is 2.00. The molecule has 0 amide bonds. The van der Waals surface area contributed by atoms with Gasteiger partial charge in [-0.15, -0.1) is 0 Å². The van der Waals surface area contributed by atoms with Crippen LogP contribution >= 0.6 is 0 Å². The predicted octanol–water partition coefficient (Wildman–Crippen LogP) is 1.83.